The minimum Gasteiger partial charge on any atom is -0.466 e. The third-order valence-electron chi connectivity index (χ3n) is 4.44. The largest absolute Gasteiger partial charge is 0.466 e. The van der Waals surface area contributed by atoms with E-state index in [1.54, 1.807) is 42.5 Å². The maximum Gasteiger partial charge on any atom is 0.338 e. The Labute approximate surface area is 171 Å². The van der Waals surface area contributed by atoms with Gasteiger partial charge in [0.15, 0.2) is 0 Å². The molecule has 0 atom stereocenters. The van der Waals surface area contributed by atoms with E-state index in [9.17, 15) is 19.7 Å². The number of nitrogens with zero attached hydrogens (tertiary/aromatic N) is 1. The van der Waals surface area contributed by atoms with Crippen molar-refractivity contribution < 1.29 is 24.0 Å². The van der Waals surface area contributed by atoms with Crippen molar-refractivity contribution in [2.75, 3.05) is 14.2 Å². The Bertz CT molecular complexity index is 1190. The Morgan fingerprint density at radius 1 is 1.00 bits per heavy atom. The van der Waals surface area contributed by atoms with Crippen molar-refractivity contribution in [2.24, 2.45) is 0 Å². The molecule has 3 rings (SSSR count). The van der Waals surface area contributed by atoms with Crippen molar-refractivity contribution in [2.45, 2.75) is 0 Å². The van der Waals surface area contributed by atoms with Gasteiger partial charge in [0.05, 0.1) is 30.3 Å². The van der Waals surface area contributed by atoms with Crippen molar-refractivity contribution in [1.82, 2.24) is 4.98 Å². The molecule has 0 saturated carbocycles. The zero-order valence-corrected chi connectivity index (χ0v) is 16.2. The standard InChI is InChI=1S/C22H18N2O6/c1-29-20(25)13-16(22(26)30-2)21-15-8-4-5-9-17(15)23-18(21)12-11-14-7-3-6-10-19(14)24(27)28/h3-13,23H,1-2H3/b12-11+,16-13-. The molecule has 3 aromatic rings. The molecule has 0 unspecified atom stereocenters. The van der Waals surface area contributed by atoms with Gasteiger partial charge >= 0.3 is 11.9 Å². The second-order valence-electron chi connectivity index (χ2n) is 6.18. The molecule has 1 heterocycles. The highest BCUT2D eigenvalue weighted by molar-refractivity contribution is 6.24. The predicted molar refractivity (Wildman–Crippen MR) is 112 cm³/mol. The van der Waals surface area contributed by atoms with Crippen molar-refractivity contribution in [3.63, 3.8) is 0 Å². The van der Waals surface area contributed by atoms with Gasteiger partial charge in [0.25, 0.3) is 5.69 Å². The Kier molecular flexibility index (Phi) is 6.07. The average Bonchev–Trinajstić information content (AvgIpc) is 3.13. The number of carbonyl (C=O) groups excluding carboxylic acids is 2. The van der Waals surface area contributed by atoms with Gasteiger partial charge in [-0.1, -0.05) is 30.3 Å². The van der Waals surface area contributed by atoms with E-state index in [2.05, 4.69) is 9.72 Å². The van der Waals surface area contributed by atoms with Crippen LogP contribution in [0.2, 0.25) is 0 Å². The number of nitrogens with one attached hydrogen (secondary N) is 1. The lowest BCUT2D eigenvalue weighted by Gasteiger charge is -2.06. The van der Waals surface area contributed by atoms with Crippen molar-refractivity contribution in [3.8, 4) is 0 Å². The van der Waals surface area contributed by atoms with E-state index >= 15 is 0 Å². The summed E-state index contributed by atoms with van der Waals surface area (Å²) in [5.74, 6) is -1.43. The lowest BCUT2D eigenvalue weighted by Crippen LogP contribution is -2.08. The number of ether oxygens (including phenoxy) is 2. The topological polar surface area (TPSA) is 112 Å². The van der Waals surface area contributed by atoms with Crippen LogP contribution in [0.4, 0.5) is 5.69 Å². The van der Waals surface area contributed by atoms with E-state index < -0.39 is 16.9 Å². The number of para-hydroxylation sites is 2. The molecule has 8 heteroatoms. The lowest BCUT2D eigenvalue weighted by molar-refractivity contribution is -0.385. The molecule has 152 valence electrons. The van der Waals surface area contributed by atoms with Crippen LogP contribution >= 0.6 is 0 Å². The first-order valence-electron chi connectivity index (χ1n) is 8.86. The molecular weight excluding hydrogens is 388 g/mol. The fraction of sp³-hybridized carbons (Fsp3) is 0.0909. The number of nitro groups is 1. The van der Waals surface area contributed by atoms with Gasteiger partial charge in [0.1, 0.15) is 0 Å². The van der Waals surface area contributed by atoms with E-state index in [1.165, 1.54) is 20.3 Å². The van der Waals surface area contributed by atoms with E-state index in [0.717, 1.165) is 11.6 Å². The molecule has 0 aliphatic carbocycles. The fourth-order valence-electron chi connectivity index (χ4n) is 3.07. The summed E-state index contributed by atoms with van der Waals surface area (Å²) in [6.07, 6.45) is 4.24. The summed E-state index contributed by atoms with van der Waals surface area (Å²) < 4.78 is 9.53. The minimum absolute atomic E-state index is 0.00371. The maximum absolute atomic E-state index is 12.4. The highest BCUT2D eigenvalue weighted by Gasteiger charge is 2.22. The number of fused-ring (bicyclic) bond motifs is 1. The smallest absolute Gasteiger partial charge is 0.338 e. The SMILES string of the molecule is COC(=O)/C=C(\C(=O)OC)c1c(/C=C/c2ccccc2[N+](=O)[O-])[nH]c2ccccc12. The van der Waals surface area contributed by atoms with Crippen molar-refractivity contribution in [3.05, 3.63) is 81.5 Å². The van der Waals surface area contributed by atoms with E-state index in [0.29, 0.717) is 22.2 Å². The molecule has 0 amide bonds. The normalized spacial score (nSPS) is 11.6. The lowest BCUT2D eigenvalue weighted by atomic mass is 10.0. The number of benzene rings is 2. The molecule has 2 aromatic carbocycles. The molecule has 8 nitrogen and oxygen atoms in total. The molecule has 0 fully saturated rings. The van der Waals surface area contributed by atoms with Gasteiger partial charge in [-0.2, -0.15) is 0 Å². The van der Waals surface area contributed by atoms with Crippen LogP contribution in [0.25, 0.3) is 28.6 Å². The van der Waals surface area contributed by atoms with Crippen LogP contribution in [0, 0.1) is 10.1 Å². The van der Waals surface area contributed by atoms with Gasteiger partial charge < -0.3 is 14.5 Å². The van der Waals surface area contributed by atoms with Gasteiger partial charge in [-0.25, -0.2) is 9.59 Å². The second kappa shape index (κ2) is 8.87. The van der Waals surface area contributed by atoms with Crippen LogP contribution in [-0.4, -0.2) is 36.1 Å². The number of hydrogen-bond acceptors (Lipinski definition) is 6. The first-order chi connectivity index (χ1) is 14.5. The third kappa shape index (κ3) is 4.12. The number of H-pyrrole nitrogens is 1. The molecule has 0 saturated heterocycles. The summed E-state index contributed by atoms with van der Waals surface area (Å²) in [6.45, 7) is 0. The zero-order valence-electron chi connectivity index (χ0n) is 16.2. The number of carbonyl (C=O) groups is 2. The first-order valence-corrected chi connectivity index (χ1v) is 8.86. The van der Waals surface area contributed by atoms with Gasteiger partial charge in [0, 0.05) is 34.3 Å². The Balaban J connectivity index is 2.22. The molecule has 0 radical (unpaired) electrons. The molecule has 0 bridgehead atoms. The van der Waals surface area contributed by atoms with E-state index in [-0.39, 0.29) is 11.3 Å². The summed E-state index contributed by atoms with van der Waals surface area (Å²) in [7, 11) is 2.42. The molecule has 30 heavy (non-hydrogen) atoms. The summed E-state index contributed by atoms with van der Waals surface area (Å²) in [5.41, 5.74) is 1.97. The van der Waals surface area contributed by atoms with Crippen molar-refractivity contribution >= 4 is 46.3 Å². The highest BCUT2D eigenvalue weighted by atomic mass is 16.6. The number of rotatable bonds is 6. The number of nitro benzene ring substituents is 1. The summed E-state index contributed by atoms with van der Waals surface area (Å²) >= 11 is 0. The number of esters is 2. The quantitative estimate of drug-likeness (QED) is 0.287. The van der Waals surface area contributed by atoms with Crippen molar-refractivity contribution in [1.29, 1.82) is 0 Å². The van der Waals surface area contributed by atoms with Gasteiger partial charge in [-0.05, 0) is 24.3 Å². The van der Waals surface area contributed by atoms with E-state index in [4.69, 9.17) is 4.74 Å². The predicted octanol–water partition coefficient (Wildman–Crippen LogP) is 3.98. The van der Waals surface area contributed by atoms with Gasteiger partial charge in [-0.3, -0.25) is 10.1 Å². The number of hydrogen-bond donors (Lipinski definition) is 1. The van der Waals surface area contributed by atoms with Gasteiger partial charge in [-0.15, -0.1) is 0 Å². The molecule has 0 aliphatic heterocycles. The Morgan fingerprint density at radius 3 is 2.40 bits per heavy atom. The Morgan fingerprint density at radius 2 is 1.70 bits per heavy atom. The van der Waals surface area contributed by atoms with Crippen LogP contribution in [0.5, 0.6) is 0 Å². The number of aromatic nitrogens is 1. The molecule has 0 spiro atoms. The molecule has 1 N–H and O–H groups in total. The van der Waals surface area contributed by atoms with E-state index in [1.807, 2.05) is 12.1 Å². The number of aromatic amines is 1. The van der Waals surface area contributed by atoms with Gasteiger partial charge in [0.2, 0.25) is 0 Å². The Hall–Kier alpha value is -4.20. The van der Waals surface area contributed by atoms with Crippen LogP contribution < -0.4 is 0 Å². The van der Waals surface area contributed by atoms with Crippen LogP contribution in [-0.2, 0) is 19.1 Å². The summed E-state index contributed by atoms with van der Waals surface area (Å²) in [5, 5.41) is 12.0. The summed E-state index contributed by atoms with van der Waals surface area (Å²) in [6, 6.07) is 13.5. The highest BCUT2D eigenvalue weighted by Crippen LogP contribution is 2.32. The molecule has 1 aromatic heterocycles. The fourth-order valence-corrected chi connectivity index (χ4v) is 3.07. The second-order valence-corrected chi connectivity index (χ2v) is 6.18. The van der Waals surface area contributed by atoms with Crippen LogP contribution in [0.1, 0.15) is 16.8 Å². The zero-order chi connectivity index (χ0) is 21.7. The third-order valence-corrected chi connectivity index (χ3v) is 4.44. The van der Waals surface area contributed by atoms with Crippen LogP contribution in [0.15, 0.2) is 54.6 Å². The molecular formula is C22H18N2O6. The number of methoxy groups -OCH3 is 2. The minimum atomic E-state index is -0.717. The molecule has 0 aliphatic rings. The average molecular weight is 406 g/mol. The van der Waals surface area contributed by atoms with Crippen LogP contribution in [0.3, 0.4) is 0 Å². The summed E-state index contributed by atoms with van der Waals surface area (Å²) in [4.78, 5) is 38.3. The first kappa shape index (κ1) is 20.5. The monoisotopic (exact) mass is 406 g/mol. The maximum atomic E-state index is 12.4.